The highest BCUT2D eigenvalue weighted by molar-refractivity contribution is 7.17. The average molecular weight is 388 g/mol. The van der Waals surface area contributed by atoms with Crippen LogP contribution in [0.2, 0.25) is 0 Å². The Kier molecular flexibility index (Phi) is 5.29. The zero-order chi connectivity index (χ0) is 19.8. The Balaban J connectivity index is 1.77. The molecule has 1 heterocycles. The number of carbonyl (C=O) groups excluding carboxylic acids is 2. The number of methoxy groups -OCH3 is 1. The molecule has 0 unspecified atom stereocenters. The first-order valence-corrected chi connectivity index (χ1v) is 9.82. The van der Waals surface area contributed by atoms with Gasteiger partial charge in [-0.2, -0.15) is 0 Å². The Morgan fingerprint density at radius 3 is 2.52 bits per heavy atom. The maximum Gasteiger partial charge on any atom is 0.349 e. The van der Waals surface area contributed by atoms with Crippen molar-refractivity contribution < 1.29 is 19.1 Å². The summed E-state index contributed by atoms with van der Waals surface area (Å²) >= 11 is 1.42. The summed E-state index contributed by atoms with van der Waals surface area (Å²) < 4.78 is 10.7. The van der Waals surface area contributed by atoms with Gasteiger partial charge < -0.3 is 14.8 Å². The second kappa shape index (κ2) is 7.35. The Labute approximate surface area is 163 Å². The Morgan fingerprint density at radius 2 is 1.85 bits per heavy atom. The molecule has 27 heavy (non-hydrogen) atoms. The van der Waals surface area contributed by atoms with Crippen LogP contribution in [0, 0.1) is 0 Å². The highest BCUT2D eigenvalue weighted by Gasteiger charge is 2.26. The number of benzene rings is 1. The number of rotatable bonds is 4. The molecule has 0 radical (unpaired) electrons. The number of hydrogen-bond donors (Lipinski definition) is 1. The fourth-order valence-electron chi connectivity index (χ4n) is 3.08. The fourth-order valence-corrected chi connectivity index (χ4v) is 4.23. The number of amides is 1. The van der Waals surface area contributed by atoms with E-state index in [4.69, 9.17) is 9.47 Å². The summed E-state index contributed by atoms with van der Waals surface area (Å²) in [4.78, 5) is 26.3. The third-order valence-electron chi connectivity index (χ3n) is 4.38. The fraction of sp³-hybridized carbons (Fsp3) is 0.429. The Bertz CT molecular complexity index is 879. The summed E-state index contributed by atoms with van der Waals surface area (Å²) in [5.41, 5.74) is 3.14. The zero-order valence-corrected chi connectivity index (χ0v) is 17.2. The number of hydrogen-bond acceptors (Lipinski definition) is 5. The number of esters is 1. The first-order chi connectivity index (χ1) is 12.7. The number of thiophene rings is 1. The van der Waals surface area contributed by atoms with E-state index in [0.717, 1.165) is 34.6 Å². The van der Waals surface area contributed by atoms with Gasteiger partial charge in [0.2, 0.25) is 0 Å². The predicted octanol–water partition coefficient (Wildman–Crippen LogP) is 3.98. The molecule has 144 valence electrons. The van der Waals surface area contributed by atoms with Crippen molar-refractivity contribution in [2.45, 2.75) is 52.2 Å². The van der Waals surface area contributed by atoms with Gasteiger partial charge in [0, 0.05) is 10.4 Å². The largest absolute Gasteiger partial charge is 0.497 e. The van der Waals surface area contributed by atoms with Crippen LogP contribution < -0.4 is 10.1 Å². The monoisotopic (exact) mass is 387 g/mol. The van der Waals surface area contributed by atoms with Crippen molar-refractivity contribution in [1.29, 1.82) is 0 Å². The maximum absolute atomic E-state index is 12.5. The summed E-state index contributed by atoms with van der Waals surface area (Å²) in [5.74, 6) is 0.0858. The van der Waals surface area contributed by atoms with E-state index in [-0.39, 0.29) is 11.4 Å². The summed E-state index contributed by atoms with van der Waals surface area (Å²) in [6, 6.07) is 7.92. The molecule has 1 atom stereocenters. The van der Waals surface area contributed by atoms with Gasteiger partial charge in [-0.1, -0.05) is 0 Å². The first kappa shape index (κ1) is 19.4. The van der Waals surface area contributed by atoms with Crippen molar-refractivity contribution in [3.63, 3.8) is 0 Å². The maximum atomic E-state index is 12.5. The van der Waals surface area contributed by atoms with Crippen LogP contribution in [-0.2, 0) is 22.4 Å². The van der Waals surface area contributed by atoms with E-state index >= 15 is 0 Å². The van der Waals surface area contributed by atoms with E-state index in [9.17, 15) is 9.59 Å². The van der Waals surface area contributed by atoms with Gasteiger partial charge in [0.25, 0.3) is 5.91 Å². The van der Waals surface area contributed by atoms with Crippen LogP contribution in [-0.4, -0.2) is 30.6 Å². The van der Waals surface area contributed by atoms with Gasteiger partial charge in [-0.25, -0.2) is 4.79 Å². The third kappa shape index (κ3) is 4.33. The van der Waals surface area contributed by atoms with Crippen LogP contribution in [0.1, 0.15) is 48.5 Å². The Hall–Kier alpha value is -2.34. The molecule has 0 aliphatic heterocycles. The average Bonchev–Trinajstić information content (AvgIpc) is 3.04. The lowest BCUT2D eigenvalue weighted by atomic mass is 9.91. The Morgan fingerprint density at radius 1 is 1.15 bits per heavy atom. The SMILES string of the molecule is COc1ccc2c(c1)CCc1cc(C(=O)O[C@@H](C)C(=O)NC(C)(C)C)sc1-2. The van der Waals surface area contributed by atoms with Crippen molar-refractivity contribution in [2.75, 3.05) is 7.11 Å². The molecule has 0 spiro atoms. The molecule has 1 aromatic carbocycles. The van der Waals surface area contributed by atoms with Crippen LogP contribution in [0.4, 0.5) is 0 Å². The van der Waals surface area contributed by atoms with Crippen LogP contribution in [0.3, 0.4) is 0 Å². The lowest BCUT2D eigenvalue weighted by molar-refractivity contribution is -0.130. The molecule has 5 nitrogen and oxygen atoms in total. The van der Waals surface area contributed by atoms with Gasteiger partial charge in [-0.05, 0) is 81.5 Å². The van der Waals surface area contributed by atoms with Crippen LogP contribution in [0.25, 0.3) is 10.4 Å². The summed E-state index contributed by atoms with van der Waals surface area (Å²) in [6.45, 7) is 7.26. The third-order valence-corrected chi connectivity index (χ3v) is 5.57. The van der Waals surface area contributed by atoms with Crippen molar-refractivity contribution >= 4 is 23.2 Å². The summed E-state index contributed by atoms with van der Waals surface area (Å²) in [5, 5.41) is 2.82. The van der Waals surface area contributed by atoms with E-state index in [1.165, 1.54) is 16.9 Å². The van der Waals surface area contributed by atoms with Crippen LogP contribution >= 0.6 is 11.3 Å². The normalized spacial score (nSPS) is 14.0. The molecule has 1 aliphatic carbocycles. The second-order valence-electron chi connectivity index (χ2n) is 7.77. The minimum absolute atomic E-state index is 0.297. The van der Waals surface area contributed by atoms with E-state index in [1.807, 2.05) is 39.0 Å². The number of fused-ring (bicyclic) bond motifs is 3. The lowest BCUT2D eigenvalue weighted by Gasteiger charge is -2.23. The molecular weight excluding hydrogens is 362 g/mol. The van der Waals surface area contributed by atoms with E-state index in [1.54, 1.807) is 14.0 Å². The summed E-state index contributed by atoms with van der Waals surface area (Å²) in [6.07, 6.45) is 0.946. The van der Waals surface area contributed by atoms with Crippen molar-refractivity contribution in [3.8, 4) is 16.2 Å². The molecule has 0 saturated carbocycles. The quantitative estimate of drug-likeness (QED) is 0.806. The standard InChI is InChI=1S/C21H25NO4S/c1-12(19(23)22-21(2,3)4)26-20(24)17-11-14-7-6-13-10-15(25-5)8-9-16(13)18(14)27-17/h8-12H,6-7H2,1-5H3,(H,22,23)/t12-/m0/s1. The number of aryl methyl sites for hydroxylation is 2. The highest BCUT2D eigenvalue weighted by Crippen LogP contribution is 2.41. The van der Waals surface area contributed by atoms with Gasteiger partial charge in [0.1, 0.15) is 10.6 Å². The topological polar surface area (TPSA) is 64.6 Å². The molecule has 0 fully saturated rings. The molecule has 6 heteroatoms. The molecule has 2 aromatic rings. The zero-order valence-electron chi connectivity index (χ0n) is 16.3. The van der Waals surface area contributed by atoms with E-state index in [2.05, 4.69) is 11.4 Å². The first-order valence-electron chi connectivity index (χ1n) is 9.01. The summed E-state index contributed by atoms with van der Waals surface area (Å²) in [7, 11) is 1.66. The van der Waals surface area contributed by atoms with Crippen molar-refractivity contribution in [1.82, 2.24) is 5.32 Å². The van der Waals surface area contributed by atoms with E-state index < -0.39 is 12.1 Å². The number of carbonyl (C=O) groups is 2. The van der Waals surface area contributed by atoms with Gasteiger partial charge in [-0.3, -0.25) is 4.79 Å². The van der Waals surface area contributed by atoms with Gasteiger partial charge >= 0.3 is 5.97 Å². The predicted molar refractivity (Wildman–Crippen MR) is 106 cm³/mol. The molecule has 1 aromatic heterocycles. The molecule has 1 amide bonds. The molecule has 1 aliphatic rings. The van der Waals surface area contributed by atoms with Crippen molar-refractivity contribution in [3.05, 3.63) is 40.3 Å². The molecule has 1 N–H and O–H groups in total. The van der Waals surface area contributed by atoms with Gasteiger partial charge in [0.05, 0.1) is 7.11 Å². The highest BCUT2D eigenvalue weighted by atomic mass is 32.1. The molecular formula is C21H25NO4S. The smallest absolute Gasteiger partial charge is 0.349 e. The number of nitrogens with one attached hydrogen (secondary N) is 1. The van der Waals surface area contributed by atoms with Gasteiger partial charge in [-0.15, -0.1) is 11.3 Å². The molecule has 0 bridgehead atoms. The van der Waals surface area contributed by atoms with Crippen LogP contribution in [0.5, 0.6) is 5.75 Å². The minimum Gasteiger partial charge on any atom is -0.497 e. The molecule has 0 saturated heterocycles. The second-order valence-corrected chi connectivity index (χ2v) is 8.83. The number of ether oxygens (including phenoxy) is 2. The van der Waals surface area contributed by atoms with E-state index in [0.29, 0.717) is 4.88 Å². The van der Waals surface area contributed by atoms with Crippen molar-refractivity contribution in [2.24, 2.45) is 0 Å². The minimum atomic E-state index is -0.840. The molecule has 3 rings (SSSR count). The van der Waals surface area contributed by atoms with Gasteiger partial charge in [0.15, 0.2) is 6.10 Å². The lowest BCUT2D eigenvalue weighted by Crippen LogP contribution is -2.46. The van der Waals surface area contributed by atoms with Crippen LogP contribution in [0.15, 0.2) is 24.3 Å².